The van der Waals surface area contributed by atoms with E-state index < -0.39 is 7.12 Å². The van der Waals surface area contributed by atoms with Crippen LogP contribution in [-0.4, -0.2) is 80.7 Å². The van der Waals surface area contributed by atoms with E-state index in [2.05, 4.69) is 55.3 Å². The zero-order valence-electron chi connectivity index (χ0n) is 39.1. The molecule has 2 aliphatic heterocycles. The monoisotopic (exact) mass is 1020 g/mol. The summed E-state index contributed by atoms with van der Waals surface area (Å²) in [4.78, 5) is 63.4. The van der Waals surface area contributed by atoms with Gasteiger partial charge in [0.05, 0.1) is 39.6 Å². The van der Waals surface area contributed by atoms with E-state index in [1.165, 1.54) is 23.0 Å². The van der Waals surface area contributed by atoms with Crippen LogP contribution in [0.25, 0.3) is 66.1 Å². The number of hydrogen-bond acceptors (Lipinski definition) is 10. The zero-order chi connectivity index (χ0) is 50.4. The highest BCUT2D eigenvalue weighted by Gasteiger charge is 2.26. The molecule has 6 aromatic heterocycles. The van der Waals surface area contributed by atoms with Crippen LogP contribution in [0.1, 0.15) is 11.1 Å². The van der Waals surface area contributed by atoms with Crippen LogP contribution < -0.4 is 26.4 Å². The SMILES string of the molecule is C=CC(=O)N1CCc2ccc(-n3c(=O)ccc4cnc5ccc(-c6cnn(C)c6)cc5c43)cc21.C=CC(=O)N1CCc2ccc(-n3c(=O)ccc4cnc5ccc(Br)cc5c43)cc21.Cn1cc(B(O)O)cn1. The van der Waals surface area contributed by atoms with Crippen molar-refractivity contribution >= 4 is 95.3 Å². The highest BCUT2D eigenvalue weighted by atomic mass is 79.9. The van der Waals surface area contributed by atoms with Gasteiger partial charge < -0.3 is 19.8 Å². The second kappa shape index (κ2) is 19.3. The molecule has 0 fully saturated rings. The maximum absolute atomic E-state index is 13.2. The van der Waals surface area contributed by atoms with Crippen LogP contribution in [0.3, 0.4) is 0 Å². The fourth-order valence-electron chi connectivity index (χ4n) is 9.32. The van der Waals surface area contributed by atoms with Crippen molar-refractivity contribution < 1.29 is 19.6 Å². The number of pyridine rings is 4. The second-order valence-electron chi connectivity index (χ2n) is 17.3. The Morgan fingerprint density at radius 2 is 1.12 bits per heavy atom. The van der Waals surface area contributed by atoms with Gasteiger partial charge in [0, 0.05) is 119 Å². The van der Waals surface area contributed by atoms with Crippen LogP contribution >= 0.6 is 15.9 Å². The van der Waals surface area contributed by atoms with E-state index in [9.17, 15) is 19.2 Å². The Kier molecular flexibility index (Phi) is 12.6. The number of halogens is 1. The molecule has 0 saturated carbocycles. The summed E-state index contributed by atoms with van der Waals surface area (Å²) in [5.41, 5.74) is 10.5. The van der Waals surface area contributed by atoms with Crippen molar-refractivity contribution in [3.8, 4) is 22.5 Å². The Hall–Kier alpha value is -8.58. The molecule has 0 saturated heterocycles. The summed E-state index contributed by atoms with van der Waals surface area (Å²) < 4.78 is 7.59. The minimum atomic E-state index is -1.40. The van der Waals surface area contributed by atoms with Gasteiger partial charge in [-0.1, -0.05) is 47.3 Å². The van der Waals surface area contributed by atoms with Gasteiger partial charge in [-0.3, -0.25) is 47.6 Å². The number of anilines is 2. The minimum absolute atomic E-state index is 0.134. The predicted octanol–water partition coefficient (Wildman–Crippen LogP) is 6.49. The molecular weight excluding hydrogens is 975 g/mol. The summed E-state index contributed by atoms with van der Waals surface area (Å²) in [7, 11) is 2.19. The first-order valence-corrected chi connectivity index (χ1v) is 23.6. The third-order valence-corrected chi connectivity index (χ3v) is 13.3. The highest BCUT2D eigenvalue weighted by molar-refractivity contribution is 9.10. The van der Waals surface area contributed by atoms with Crippen molar-refractivity contribution in [2.75, 3.05) is 22.9 Å². The summed E-state index contributed by atoms with van der Waals surface area (Å²) >= 11 is 3.52. The van der Waals surface area contributed by atoms with Crippen molar-refractivity contribution in [3.63, 3.8) is 0 Å². The quantitative estimate of drug-likeness (QED) is 0.106. The largest absolute Gasteiger partial charge is 0.491 e. The number of carbonyl (C=O) groups is 2. The first-order chi connectivity index (χ1) is 34.8. The predicted molar refractivity (Wildman–Crippen MR) is 285 cm³/mol. The lowest BCUT2D eigenvalue weighted by atomic mass is 9.83. The highest BCUT2D eigenvalue weighted by Crippen LogP contribution is 2.35. The lowest BCUT2D eigenvalue weighted by Crippen LogP contribution is -2.28. The maximum atomic E-state index is 13.2. The summed E-state index contributed by atoms with van der Waals surface area (Å²) in [6.07, 6.45) is 14.5. The Morgan fingerprint density at radius 3 is 1.60 bits per heavy atom. The molecule has 2 N–H and O–H groups in total. The topological polar surface area (TPSA) is 186 Å². The molecule has 356 valence electrons. The molecule has 12 rings (SSSR count). The number of aryl methyl sites for hydroxylation is 2. The Morgan fingerprint density at radius 1 is 0.611 bits per heavy atom. The standard InChI is InChI=1S/C27H21N5O2.C23H16BrN3O2.C4H7BN2O2/c1-3-25(33)31-11-10-17-4-7-21(13-24(17)31)32-26(34)9-6-19-14-28-23-8-5-18(12-22(23)27(19)32)20-15-29-30(2)16-20;1-2-21(28)26-10-9-14-3-6-17(12-20(14)26)27-22(29)8-4-15-13-25-19-7-5-16(24)11-18(19)23(15)27;1-7-3-4(2-6-7)5(8)9/h3-9,12-16H,1,10-11H2,2H3;2-8,11-13H,1,9-10H2;2-3,8-9H,1H3. The summed E-state index contributed by atoms with van der Waals surface area (Å²) in [6.45, 7) is 8.45. The van der Waals surface area contributed by atoms with E-state index in [-0.39, 0.29) is 22.9 Å². The number of carbonyl (C=O) groups excluding carboxylic acids is 2. The molecule has 16 nitrogen and oxygen atoms in total. The van der Waals surface area contributed by atoms with Crippen LogP contribution in [0.15, 0.2) is 174 Å². The van der Waals surface area contributed by atoms with E-state index in [1.807, 2.05) is 86.2 Å². The number of amides is 2. The number of rotatable bonds is 6. The van der Waals surface area contributed by atoms with E-state index in [0.29, 0.717) is 24.2 Å². The molecule has 0 atom stereocenters. The van der Waals surface area contributed by atoms with Gasteiger partial charge >= 0.3 is 7.12 Å². The van der Waals surface area contributed by atoms with Crippen LogP contribution in [0.2, 0.25) is 0 Å². The van der Waals surface area contributed by atoms with Crippen LogP contribution in [-0.2, 0) is 36.5 Å². The number of hydrogen-bond donors (Lipinski definition) is 2. The molecular formula is C54H44BBrN10O6. The van der Waals surface area contributed by atoms with Gasteiger partial charge in [-0.15, -0.1) is 0 Å². The first kappa shape index (κ1) is 47.1. The zero-order valence-corrected chi connectivity index (χ0v) is 40.6. The third kappa shape index (κ3) is 8.82. The molecule has 4 aromatic carbocycles. The van der Waals surface area contributed by atoms with Gasteiger partial charge in [0.25, 0.3) is 11.1 Å². The van der Waals surface area contributed by atoms with Crippen molar-refractivity contribution in [3.05, 3.63) is 196 Å². The molecule has 2 amide bonds. The molecule has 0 spiro atoms. The van der Waals surface area contributed by atoms with Crippen LogP contribution in [0, 0.1) is 0 Å². The number of aromatic nitrogens is 8. The van der Waals surface area contributed by atoms with Gasteiger partial charge in [-0.05, 0) is 108 Å². The first-order valence-electron chi connectivity index (χ1n) is 22.8. The molecule has 8 heterocycles. The number of fused-ring (bicyclic) bond motifs is 8. The van der Waals surface area contributed by atoms with E-state index >= 15 is 0 Å². The van der Waals surface area contributed by atoms with Gasteiger partial charge in [0.1, 0.15) is 0 Å². The van der Waals surface area contributed by atoms with Crippen molar-refractivity contribution in [1.29, 1.82) is 0 Å². The third-order valence-electron chi connectivity index (χ3n) is 12.8. The lowest BCUT2D eigenvalue weighted by molar-refractivity contribution is -0.114. The lowest BCUT2D eigenvalue weighted by Gasteiger charge is -2.18. The summed E-state index contributed by atoms with van der Waals surface area (Å²) in [5.74, 6) is -0.276. The Balaban J connectivity index is 0.000000143. The second-order valence-corrected chi connectivity index (χ2v) is 18.2. The van der Waals surface area contributed by atoms with E-state index in [1.54, 1.807) is 73.5 Å². The molecule has 0 radical (unpaired) electrons. The molecule has 10 aromatic rings. The van der Waals surface area contributed by atoms with Crippen molar-refractivity contribution in [2.45, 2.75) is 12.8 Å². The smallest absolute Gasteiger partial charge is 0.423 e. The number of nitrogens with zero attached hydrogens (tertiary/aromatic N) is 10. The molecule has 0 aliphatic carbocycles. The summed E-state index contributed by atoms with van der Waals surface area (Å²) in [6, 6.07) is 30.3. The fourth-order valence-corrected chi connectivity index (χ4v) is 9.68. The Bertz CT molecular complexity index is 3970. The van der Waals surface area contributed by atoms with Gasteiger partial charge in [0.2, 0.25) is 11.8 Å². The fraction of sp³-hybridized carbons (Fsp3) is 0.111. The molecule has 0 unspecified atom stereocenters. The minimum Gasteiger partial charge on any atom is -0.423 e. The van der Waals surface area contributed by atoms with Gasteiger partial charge in [-0.2, -0.15) is 10.2 Å². The van der Waals surface area contributed by atoms with Gasteiger partial charge in [0.15, 0.2) is 0 Å². The average molecular weight is 1020 g/mol. The maximum Gasteiger partial charge on any atom is 0.491 e. The molecule has 2 aliphatic rings. The van der Waals surface area contributed by atoms with Crippen molar-refractivity contribution in [2.24, 2.45) is 14.1 Å². The number of benzene rings is 4. The summed E-state index contributed by atoms with van der Waals surface area (Å²) in [5, 5.41) is 28.6. The Labute approximate surface area is 419 Å². The molecule has 0 bridgehead atoms. The molecule has 18 heteroatoms. The van der Waals surface area contributed by atoms with Crippen LogP contribution in [0.4, 0.5) is 11.4 Å². The normalized spacial score (nSPS) is 12.6. The van der Waals surface area contributed by atoms with Crippen LogP contribution in [0.5, 0.6) is 0 Å². The van der Waals surface area contributed by atoms with E-state index in [0.717, 1.165) is 100 Å². The van der Waals surface area contributed by atoms with Crippen molar-refractivity contribution in [1.82, 2.24) is 38.7 Å². The molecule has 72 heavy (non-hydrogen) atoms. The van der Waals surface area contributed by atoms with Gasteiger partial charge in [-0.25, -0.2) is 0 Å². The average Bonchev–Trinajstić information content (AvgIpc) is 4.23. The van der Waals surface area contributed by atoms with E-state index in [4.69, 9.17) is 10.0 Å².